The van der Waals surface area contributed by atoms with Gasteiger partial charge in [-0.15, -0.1) is 0 Å². The van der Waals surface area contributed by atoms with Crippen molar-refractivity contribution in [3.8, 4) is 0 Å². The molecule has 7 heteroatoms. The van der Waals surface area contributed by atoms with Crippen LogP contribution in [0.4, 0.5) is 17.1 Å². The molecule has 1 rings (SSSR count). The molecule has 0 aliphatic heterocycles. The lowest BCUT2D eigenvalue weighted by Gasteiger charge is -2.18. The van der Waals surface area contributed by atoms with Crippen LogP contribution in [0.25, 0.3) is 0 Å². The summed E-state index contributed by atoms with van der Waals surface area (Å²) in [6.45, 7) is 0.547. The molecule has 0 heterocycles. The zero-order valence-electron chi connectivity index (χ0n) is 10.2. The van der Waals surface area contributed by atoms with Crippen LogP contribution in [0.2, 0.25) is 0 Å². The molecule has 0 amide bonds. The minimum Gasteiger partial charge on any atom is -0.395 e. The summed E-state index contributed by atoms with van der Waals surface area (Å²) in [5.41, 5.74) is 0.978. The summed E-state index contributed by atoms with van der Waals surface area (Å²) in [4.78, 5) is 12.2. The molecule has 7 nitrogen and oxygen atoms in total. The summed E-state index contributed by atoms with van der Waals surface area (Å²) in [7, 11) is 1.75. The monoisotopic (exact) mass is 255 g/mol. The summed E-state index contributed by atoms with van der Waals surface area (Å²) in [5, 5.41) is 31.3. The number of rotatable bonds is 7. The molecular weight excluding hydrogens is 238 g/mol. The molecule has 0 radical (unpaired) electrons. The van der Waals surface area contributed by atoms with Crippen molar-refractivity contribution >= 4 is 17.1 Å². The molecular formula is C11H17N3O4. The van der Waals surface area contributed by atoms with Gasteiger partial charge in [0.05, 0.1) is 18.1 Å². The fourth-order valence-electron chi connectivity index (χ4n) is 1.53. The second-order valence-electron chi connectivity index (χ2n) is 3.75. The Balaban J connectivity index is 2.99. The van der Waals surface area contributed by atoms with Crippen molar-refractivity contribution in [2.24, 2.45) is 0 Å². The average Bonchev–Trinajstić information content (AvgIpc) is 2.36. The van der Waals surface area contributed by atoms with E-state index >= 15 is 0 Å². The zero-order valence-corrected chi connectivity index (χ0v) is 10.2. The van der Waals surface area contributed by atoms with Crippen LogP contribution in [0, 0.1) is 10.1 Å². The van der Waals surface area contributed by atoms with Gasteiger partial charge >= 0.3 is 0 Å². The predicted octanol–water partition coefficient (Wildman–Crippen LogP) is 0.428. The molecule has 0 aromatic heterocycles. The summed E-state index contributed by atoms with van der Waals surface area (Å²) in [6, 6.07) is 4.76. The number of nitro benzene ring substituents is 1. The molecule has 1 aromatic rings. The van der Waals surface area contributed by atoms with Gasteiger partial charge in [-0.25, -0.2) is 0 Å². The van der Waals surface area contributed by atoms with E-state index in [9.17, 15) is 10.1 Å². The Bertz CT molecular complexity index is 411. The Kier molecular flexibility index (Phi) is 5.34. The normalized spacial score (nSPS) is 10.2. The van der Waals surface area contributed by atoms with Crippen molar-refractivity contribution in [3.63, 3.8) is 0 Å². The lowest BCUT2D eigenvalue weighted by Crippen LogP contribution is -2.21. The van der Waals surface area contributed by atoms with Crippen molar-refractivity contribution in [1.29, 1.82) is 0 Å². The molecule has 3 N–H and O–H groups in total. The lowest BCUT2D eigenvalue weighted by atomic mass is 10.2. The Morgan fingerprint density at radius 2 is 2.11 bits per heavy atom. The number of aliphatic hydroxyl groups is 2. The molecule has 0 saturated heterocycles. The van der Waals surface area contributed by atoms with E-state index in [-0.39, 0.29) is 25.4 Å². The molecule has 0 saturated carbocycles. The minimum absolute atomic E-state index is 0.0190. The van der Waals surface area contributed by atoms with E-state index in [4.69, 9.17) is 10.2 Å². The standard InChI is InChI=1S/C11H17N3O4/c1-13(5-7-16)9-2-3-10(12-4-6-15)11(8-9)14(17)18/h2-3,8,12,15-16H,4-7H2,1H3. The van der Waals surface area contributed by atoms with Gasteiger partial charge in [0, 0.05) is 31.9 Å². The third-order valence-electron chi connectivity index (χ3n) is 2.48. The molecule has 0 aliphatic rings. The molecule has 0 aliphatic carbocycles. The fourth-order valence-corrected chi connectivity index (χ4v) is 1.53. The number of aliphatic hydroxyl groups excluding tert-OH is 2. The highest BCUT2D eigenvalue weighted by Crippen LogP contribution is 2.29. The zero-order chi connectivity index (χ0) is 13.5. The Hall–Kier alpha value is -1.86. The molecule has 100 valence electrons. The molecule has 18 heavy (non-hydrogen) atoms. The third-order valence-corrected chi connectivity index (χ3v) is 2.48. The van der Waals surface area contributed by atoms with Crippen LogP contribution in [0.5, 0.6) is 0 Å². The summed E-state index contributed by atoms with van der Waals surface area (Å²) >= 11 is 0. The maximum absolute atomic E-state index is 11.0. The molecule has 0 bridgehead atoms. The van der Waals surface area contributed by atoms with Gasteiger partial charge in [0.1, 0.15) is 5.69 Å². The Morgan fingerprint density at radius 3 is 2.67 bits per heavy atom. The largest absolute Gasteiger partial charge is 0.395 e. The SMILES string of the molecule is CN(CCO)c1ccc(NCCO)c([N+](=O)[O-])c1. The summed E-state index contributed by atoms with van der Waals surface area (Å²) < 4.78 is 0. The lowest BCUT2D eigenvalue weighted by molar-refractivity contribution is -0.383. The van der Waals surface area contributed by atoms with Gasteiger partial charge in [0.15, 0.2) is 0 Å². The smallest absolute Gasteiger partial charge is 0.294 e. The van der Waals surface area contributed by atoms with E-state index in [0.29, 0.717) is 17.9 Å². The number of nitrogens with one attached hydrogen (secondary N) is 1. The van der Waals surface area contributed by atoms with Gasteiger partial charge in [0.25, 0.3) is 5.69 Å². The minimum atomic E-state index is -0.476. The van der Waals surface area contributed by atoms with E-state index < -0.39 is 4.92 Å². The molecule has 0 unspecified atom stereocenters. The molecule has 0 fully saturated rings. The van der Waals surface area contributed by atoms with Gasteiger partial charge in [0.2, 0.25) is 0 Å². The first-order valence-electron chi connectivity index (χ1n) is 5.55. The number of nitrogens with zero attached hydrogens (tertiary/aromatic N) is 2. The summed E-state index contributed by atoms with van der Waals surface area (Å²) in [5.74, 6) is 0. The number of hydrogen-bond acceptors (Lipinski definition) is 6. The van der Waals surface area contributed by atoms with Gasteiger partial charge in [-0.3, -0.25) is 10.1 Å². The van der Waals surface area contributed by atoms with Crippen LogP contribution in [0.1, 0.15) is 0 Å². The molecule has 0 spiro atoms. The highest BCUT2D eigenvalue weighted by Gasteiger charge is 2.15. The van der Waals surface area contributed by atoms with Crippen molar-refractivity contribution < 1.29 is 15.1 Å². The first-order valence-corrected chi connectivity index (χ1v) is 5.55. The predicted molar refractivity (Wildman–Crippen MR) is 69.0 cm³/mol. The van der Waals surface area contributed by atoms with Crippen LogP contribution in [-0.4, -0.2) is 48.5 Å². The van der Waals surface area contributed by atoms with Gasteiger partial charge in [-0.1, -0.05) is 0 Å². The molecule has 1 aromatic carbocycles. The number of anilines is 2. The quantitative estimate of drug-likeness (QED) is 0.482. The van der Waals surface area contributed by atoms with Crippen LogP contribution >= 0.6 is 0 Å². The van der Waals surface area contributed by atoms with Gasteiger partial charge in [-0.05, 0) is 12.1 Å². The summed E-state index contributed by atoms with van der Waals surface area (Å²) in [6.07, 6.45) is 0. The number of benzene rings is 1. The van der Waals surface area contributed by atoms with Gasteiger partial charge in [-0.2, -0.15) is 0 Å². The highest BCUT2D eigenvalue weighted by molar-refractivity contribution is 5.68. The Labute approximate surface area is 105 Å². The van der Waals surface area contributed by atoms with Crippen LogP contribution in [-0.2, 0) is 0 Å². The van der Waals surface area contributed by atoms with E-state index in [1.807, 2.05) is 0 Å². The molecule has 0 atom stereocenters. The van der Waals surface area contributed by atoms with E-state index in [0.717, 1.165) is 0 Å². The second kappa shape index (κ2) is 6.77. The first kappa shape index (κ1) is 14.2. The second-order valence-corrected chi connectivity index (χ2v) is 3.75. The van der Waals surface area contributed by atoms with Crippen molar-refractivity contribution in [1.82, 2.24) is 0 Å². The van der Waals surface area contributed by atoms with Gasteiger partial charge < -0.3 is 20.4 Å². The third kappa shape index (κ3) is 3.57. The topological polar surface area (TPSA) is 98.9 Å². The maximum Gasteiger partial charge on any atom is 0.294 e. The van der Waals surface area contributed by atoms with Crippen molar-refractivity contribution in [3.05, 3.63) is 28.3 Å². The fraction of sp³-hybridized carbons (Fsp3) is 0.455. The van der Waals surface area contributed by atoms with E-state index in [2.05, 4.69) is 5.32 Å². The maximum atomic E-state index is 11.0. The highest BCUT2D eigenvalue weighted by atomic mass is 16.6. The van der Waals surface area contributed by atoms with Crippen LogP contribution in [0.15, 0.2) is 18.2 Å². The first-order chi connectivity index (χ1) is 8.60. The van der Waals surface area contributed by atoms with Crippen LogP contribution in [0.3, 0.4) is 0 Å². The van der Waals surface area contributed by atoms with Crippen LogP contribution < -0.4 is 10.2 Å². The number of likely N-dealkylation sites (N-methyl/N-ethyl adjacent to an activating group) is 1. The van der Waals surface area contributed by atoms with Crippen molar-refractivity contribution in [2.75, 3.05) is 43.6 Å². The van der Waals surface area contributed by atoms with E-state index in [1.165, 1.54) is 6.07 Å². The van der Waals surface area contributed by atoms with E-state index in [1.54, 1.807) is 24.1 Å². The number of nitro groups is 1. The Morgan fingerprint density at radius 1 is 1.39 bits per heavy atom. The van der Waals surface area contributed by atoms with Crippen molar-refractivity contribution in [2.45, 2.75) is 0 Å². The average molecular weight is 255 g/mol. The number of hydrogen-bond donors (Lipinski definition) is 3.